The first-order valence-electron chi connectivity index (χ1n) is 8.40. The van der Waals surface area contributed by atoms with E-state index in [0.29, 0.717) is 22.8 Å². The fourth-order valence-electron chi connectivity index (χ4n) is 2.87. The molecular weight excluding hydrogens is 398 g/mol. The van der Waals surface area contributed by atoms with E-state index in [1.165, 1.54) is 44.0 Å². The van der Waals surface area contributed by atoms with Gasteiger partial charge in [-0.25, -0.2) is 0 Å². The van der Waals surface area contributed by atoms with E-state index in [1.807, 2.05) is 34.3 Å². The normalized spacial score (nSPS) is 12.9. The summed E-state index contributed by atoms with van der Waals surface area (Å²) in [6.45, 7) is 0.0275. The molecule has 148 valence electrons. The maximum atomic E-state index is 12.8. The van der Waals surface area contributed by atoms with Gasteiger partial charge in [-0.2, -0.15) is 11.3 Å². The van der Waals surface area contributed by atoms with Gasteiger partial charge in [-0.3, -0.25) is 4.79 Å². The highest BCUT2D eigenvalue weighted by atomic mass is 32.1. The summed E-state index contributed by atoms with van der Waals surface area (Å²) in [5, 5.41) is 19.8. The van der Waals surface area contributed by atoms with Crippen LogP contribution in [-0.2, 0) is 5.60 Å². The molecule has 0 aliphatic rings. The Morgan fingerprint density at radius 2 is 1.82 bits per heavy atom. The van der Waals surface area contributed by atoms with Gasteiger partial charge in [0.1, 0.15) is 5.60 Å². The first-order valence-corrected chi connectivity index (χ1v) is 10.2. The predicted octanol–water partition coefficient (Wildman–Crippen LogP) is 3.50. The molecule has 0 saturated heterocycles. The van der Waals surface area contributed by atoms with Crippen LogP contribution >= 0.6 is 22.7 Å². The molecule has 28 heavy (non-hydrogen) atoms. The molecule has 3 aromatic rings. The van der Waals surface area contributed by atoms with E-state index in [-0.39, 0.29) is 12.5 Å². The molecule has 0 spiro atoms. The fourth-order valence-corrected chi connectivity index (χ4v) is 4.44. The van der Waals surface area contributed by atoms with Crippen LogP contribution < -0.4 is 19.5 Å². The molecule has 0 aliphatic carbocycles. The zero-order chi connectivity index (χ0) is 20.1. The maximum absolute atomic E-state index is 12.8. The van der Waals surface area contributed by atoms with E-state index in [0.717, 1.165) is 10.4 Å². The number of hydrogen-bond acceptors (Lipinski definition) is 7. The standard InChI is InChI=1S/C20H21NO5S2/c1-24-15-9-13(10-16(25-2)18(15)26-3)19(22)21-12-20(23,14-6-8-27-11-14)17-5-4-7-28-17/h4-11,23H,12H2,1-3H3,(H,21,22). The van der Waals surface area contributed by atoms with Crippen LogP contribution in [0, 0.1) is 0 Å². The smallest absolute Gasteiger partial charge is 0.251 e. The lowest BCUT2D eigenvalue weighted by atomic mass is 9.94. The van der Waals surface area contributed by atoms with Crippen molar-refractivity contribution in [3.63, 3.8) is 0 Å². The van der Waals surface area contributed by atoms with Gasteiger partial charge in [0.15, 0.2) is 11.5 Å². The van der Waals surface area contributed by atoms with Crippen molar-refractivity contribution >= 4 is 28.6 Å². The first kappa shape index (κ1) is 20.2. The second-order valence-corrected chi connectivity index (χ2v) is 7.67. The highest BCUT2D eigenvalue weighted by Gasteiger charge is 2.34. The number of amides is 1. The van der Waals surface area contributed by atoms with Crippen LogP contribution in [0.2, 0.25) is 0 Å². The van der Waals surface area contributed by atoms with Gasteiger partial charge < -0.3 is 24.6 Å². The third kappa shape index (κ3) is 3.84. The number of carbonyl (C=O) groups is 1. The van der Waals surface area contributed by atoms with Crippen LogP contribution in [-0.4, -0.2) is 38.9 Å². The Morgan fingerprint density at radius 3 is 2.32 bits per heavy atom. The molecule has 1 aromatic carbocycles. The van der Waals surface area contributed by atoms with Crippen molar-refractivity contribution in [2.45, 2.75) is 5.60 Å². The lowest BCUT2D eigenvalue weighted by molar-refractivity contribution is 0.0720. The number of ether oxygens (including phenoxy) is 3. The number of aliphatic hydroxyl groups is 1. The minimum absolute atomic E-state index is 0.0275. The van der Waals surface area contributed by atoms with Crippen molar-refractivity contribution in [3.8, 4) is 17.2 Å². The van der Waals surface area contributed by atoms with Gasteiger partial charge in [-0.05, 0) is 40.4 Å². The van der Waals surface area contributed by atoms with Gasteiger partial charge in [0.25, 0.3) is 5.91 Å². The summed E-state index contributed by atoms with van der Waals surface area (Å²) in [7, 11) is 4.48. The molecule has 0 fully saturated rings. The molecule has 2 aromatic heterocycles. The van der Waals surface area contributed by atoms with Crippen LogP contribution in [0.5, 0.6) is 17.2 Å². The van der Waals surface area contributed by atoms with Crippen LogP contribution in [0.1, 0.15) is 20.8 Å². The topological polar surface area (TPSA) is 77.0 Å². The number of rotatable bonds is 8. The molecule has 2 heterocycles. The van der Waals surface area contributed by atoms with Gasteiger partial charge in [0, 0.05) is 16.0 Å². The van der Waals surface area contributed by atoms with Crippen molar-refractivity contribution in [1.82, 2.24) is 5.32 Å². The van der Waals surface area contributed by atoms with Crippen LogP contribution in [0.15, 0.2) is 46.5 Å². The van der Waals surface area contributed by atoms with Crippen molar-refractivity contribution in [2.24, 2.45) is 0 Å². The summed E-state index contributed by atoms with van der Waals surface area (Å²) in [6.07, 6.45) is 0. The van der Waals surface area contributed by atoms with E-state index >= 15 is 0 Å². The molecule has 0 saturated carbocycles. The average Bonchev–Trinajstić information content (AvgIpc) is 3.45. The van der Waals surface area contributed by atoms with Gasteiger partial charge >= 0.3 is 0 Å². The van der Waals surface area contributed by atoms with E-state index in [9.17, 15) is 9.90 Å². The molecular formula is C20H21NO5S2. The lowest BCUT2D eigenvalue weighted by Gasteiger charge is -2.27. The summed E-state index contributed by atoms with van der Waals surface area (Å²) in [5.74, 6) is 0.830. The summed E-state index contributed by atoms with van der Waals surface area (Å²) in [5.41, 5.74) is -0.219. The quantitative estimate of drug-likeness (QED) is 0.584. The predicted molar refractivity (Wildman–Crippen MR) is 110 cm³/mol. The Bertz CT molecular complexity index is 863. The second kappa shape index (κ2) is 8.64. The van der Waals surface area contributed by atoms with E-state index in [2.05, 4.69) is 5.32 Å². The third-order valence-corrected chi connectivity index (χ3v) is 6.06. The van der Waals surface area contributed by atoms with Gasteiger partial charge in [0.05, 0.1) is 27.9 Å². The first-order chi connectivity index (χ1) is 13.5. The summed E-state index contributed by atoms with van der Waals surface area (Å²) in [6, 6.07) is 8.74. The minimum Gasteiger partial charge on any atom is -0.493 e. The molecule has 1 atom stereocenters. The van der Waals surface area contributed by atoms with Crippen molar-refractivity contribution < 1.29 is 24.1 Å². The zero-order valence-electron chi connectivity index (χ0n) is 15.7. The van der Waals surface area contributed by atoms with E-state index in [1.54, 1.807) is 12.1 Å². The van der Waals surface area contributed by atoms with E-state index in [4.69, 9.17) is 14.2 Å². The highest BCUT2D eigenvalue weighted by Crippen LogP contribution is 2.38. The Hall–Kier alpha value is -2.55. The number of thiophene rings is 2. The SMILES string of the molecule is COc1cc(C(=O)NCC(O)(c2ccsc2)c2cccs2)cc(OC)c1OC. The number of methoxy groups -OCH3 is 3. The maximum Gasteiger partial charge on any atom is 0.251 e. The number of nitrogens with one attached hydrogen (secondary N) is 1. The summed E-state index contributed by atoms with van der Waals surface area (Å²) < 4.78 is 15.9. The molecule has 0 aliphatic heterocycles. The second-order valence-electron chi connectivity index (χ2n) is 5.95. The Kier molecular flexibility index (Phi) is 6.23. The van der Waals surface area contributed by atoms with Gasteiger partial charge in [-0.15, -0.1) is 11.3 Å². The monoisotopic (exact) mass is 419 g/mol. The summed E-state index contributed by atoms with van der Waals surface area (Å²) in [4.78, 5) is 13.6. The Morgan fingerprint density at radius 1 is 1.11 bits per heavy atom. The number of benzene rings is 1. The van der Waals surface area contributed by atoms with Crippen LogP contribution in [0.3, 0.4) is 0 Å². The highest BCUT2D eigenvalue weighted by molar-refractivity contribution is 7.10. The van der Waals surface area contributed by atoms with Crippen molar-refractivity contribution in [1.29, 1.82) is 0 Å². The molecule has 8 heteroatoms. The molecule has 0 bridgehead atoms. The zero-order valence-corrected chi connectivity index (χ0v) is 17.4. The molecule has 2 N–H and O–H groups in total. The fraction of sp³-hybridized carbons (Fsp3) is 0.250. The minimum atomic E-state index is -1.30. The molecule has 1 amide bonds. The number of hydrogen-bond donors (Lipinski definition) is 2. The third-order valence-electron chi connectivity index (χ3n) is 4.36. The van der Waals surface area contributed by atoms with Crippen molar-refractivity contribution in [2.75, 3.05) is 27.9 Å². The van der Waals surface area contributed by atoms with Crippen LogP contribution in [0.4, 0.5) is 0 Å². The van der Waals surface area contributed by atoms with E-state index < -0.39 is 5.60 Å². The molecule has 0 radical (unpaired) electrons. The summed E-state index contributed by atoms with van der Waals surface area (Å²) >= 11 is 2.93. The lowest BCUT2D eigenvalue weighted by Crippen LogP contribution is -2.41. The Labute approximate surface area is 171 Å². The molecule has 3 rings (SSSR count). The molecule has 6 nitrogen and oxygen atoms in total. The average molecular weight is 420 g/mol. The van der Waals surface area contributed by atoms with Gasteiger partial charge in [-0.1, -0.05) is 6.07 Å². The molecule has 1 unspecified atom stereocenters. The van der Waals surface area contributed by atoms with Crippen molar-refractivity contribution in [3.05, 3.63) is 62.5 Å². The largest absolute Gasteiger partial charge is 0.493 e. The number of carbonyl (C=O) groups excluding carboxylic acids is 1. The van der Waals surface area contributed by atoms with Gasteiger partial charge in [0.2, 0.25) is 5.75 Å². The van der Waals surface area contributed by atoms with Crippen LogP contribution in [0.25, 0.3) is 0 Å². The Balaban J connectivity index is 1.86.